The second-order valence-electron chi connectivity index (χ2n) is 6.44. The zero-order valence-electron chi connectivity index (χ0n) is 16.3. The van der Waals surface area contributed by atoms with Gasteiger partial charge in [-0.25, -0.2) is 14.1 Å². The summed E-state index contributed by atoms with van der Waals surface area (Å²) in [5, 5.41) is 24.4. The molecule has 0 aliphatic heterocycles. The van der Waals surface area contributed by atoms with Crippen molar-refractivity contribution in [2.75, 3.05) is 5.32 Å². The zero-order valence-corrected chi connectivity index (χ0v) is 17.1. The number of non-ortho nitro benzene ring substituents is 1. The average Bonchev–Trinajstić information content (AvgIpc) is 3.12. The van der Waals surface area contributed by atoms with Gasteiger partial charge in [0.2, 0.25) is 5.16 Å². The van der Waals surface area contributed by atoms with Gasteiger partial charge in [0.1, 0.15) is 0 Å². The zero-order chi connectivity index (χ0) is 23.6. The molecule has 2 heterocycles. The summed E-state index contributed by atoms with van der Waals surface area (Å²) in [6.45, 7) is 0.850. The van der Waals surface area contributed by atoms with Gasteiger partial charge in [-0.2, -0.15) is 13.2 Å². The third-order valence-corrected chi connectivity index (χ3v) is 5.39. The molecule has 0 fully saturated rings. The van der Waals surface area contributed by atoms with Gasteiger partial charge in [0.15, 0.2) is 11.6 Å². The van der Waals surface area contributed by atoms with Crippen LogP contribution >= 0.6 is 11.8 Å². The first-order valence-electron chi connectivity index (χ1n) is 8.69. The molecule has 10 nitrogen and oxygen atoms in total. The minimum absolute atomic E-state index is 0.207. The van der Waals surface area contributed by atoms with Crippen molar-refractivity contribution in [3.05, 3.63) is 57.5 Å². The number of nitro benzene ring substituents is 1. The lowest BCUT2D eigenvalue weighted by molar-refractivity contribution is -0.384. The quantitative estimate of drug-likeness (QED) is 0.327. The molecule has 3 rings (SSSR count). The Morgan fingerprint density at radius 1 is 1.31 bits per heavy atom. The molecule has 2 aromatic heterocycles. The molecule has 1 amide bonds. The van der Waals surface area contributed by atoms with Gasteiger partial charge in [-0.3, -0.25) is 14.9 Å². The molecule has 0 saturated carbocycles. The first-order valence-corrected chi connectivity index (χ1v) is 9.51. The van der Waals surface area contributed by atoms with E-state index in [9.17, 15) is 32.5 Å². The second-order valence-corrected chi connectivity index (χ2v) is 7.45. The van der Waals surface area contributed by atoms with Crippen LogP contribution in [-0.4, -0.2) is 42.2 Å². The maximum absolute atomic E-state index is 14.4. The van der Waals surface area contributed by atoms with Crippen LogP contribution in [0.5, 0.6) is 0 Å². The minimum Gasteiger partial charge on any atom is -0.304 e. The Hall–Kier alpha value is -3.62. The van der Waals surface area contributed by atoms with E-state index in [1.165, 1.54) is 17.8 Å². The summed E-state index contributed by atoms with van der Waals surface area (Å²) < 4.78 is 54.2. The van der Waals surface area contributed by atoms with Crippen LogP contribution in [0.1, 0.15) is 28.8 Å². The minimum atomic E-state index is -4.59. The first-order chi connectivity index (χ1) is 15.0. The number of nitrogens with zero attached hydrogens (tertiary/aromatic N) is 6. The maximum Gasteiger partial charge on any atom is 0.395 e. The fourth-order valence-electron chi connectivity index (χ4n) is 2.45. The normalized spacial score (nSPS) is 12.4. The van der Waals surface area contributed by atoms with E-state index in [1.54, 1.807) is 0 Å². The summed E-state index contributed by atoms with van der Waals surface area (Å²) in [4.78, 5) is 26.9. The van der Waals surface area contributed by atoms with Gasteiger partial charge < -0.3 is 5.32 Å². The molecule has 0 bridgehead atoms. The lowest BCUT2D eigenvalue weighted by atomic mass is 10.0. The first kappa shape index (κ1) is 23.1. The number of amides is 1. The van der Waals surface area contributed by atoms with E-state index in [4.69, 9.17) is 0 Å². The molecular formula is C17H13F4N7O3S. The number of carbonyl (C=O) groups is 1. The van der Waals surface area contributed by atoms with E-state index in [-0.39, 0.29) is 15.6 Å². The van der Waals surface area contributed by atoms with Gasteiger partial charge in [-0.1, -0.05) is 0 Å². The van der Waals surface area contributed by atoms with E-state index >= 15 is 0 Å². The number of nitro groups is 1. The Labute approximate surface area is 181 Å². The number of tetrazole rings is 1. The predicted octanol–water partition coefficient (Wildman–Crippen LogP) is 3.72. The van der Waals surface area contributed by atoms with Crippen LogP contribution in [0, 0.1) is 15.9 Å². The molecule has 0 radical (unpaired) electrons. The molecule has 0 spiro atoms. The fourth-order valence-corrected chi connectivity index (χ4v) is 3.29. The van der Waals surface area contributed by atoms with Gasteiger partial charge in [0, 0.05) is 30.3 Å². The van der Waals surface area contributed by atoms with Crippen molar-refractivity contribution >= 4 is 29.2 Å². The van der Waals surface area contributed by atoms with Crippen LogP contribution in [0.3, 0.4) is 0 Å². The number of aromatic nitrogens is 5. The molecule has 0 saturated heterocycles. The lowest BCUT2D eigenvalue weighted by Crippen LogP contribution is -2.19. The maximum atomic E-state index is 14.4. The van der Waals surface area contributed by atoms with Gasteiger partial charge in [0.05, 0.1) is 16.4 Å². The number of benzene rings is 1. The van der Waals surface area contributed by atoms with Gasteiger partial charge in [-0.15, -0.1) is 5.10 Å². The molecule has 168 valence electrons. The van der Waals surface area contributed by atoms with Crippen LogP contribution < -0.4 is 5.32 Å². The topological polar surface area (TPSA) is 129 Å². The summed E-state index contributed by atoms with van der Waals surface area (Å²) in [6.07, 6.45) is -3.80. The van der Waals surface area contributed by atoms with Crippen molar-refractivity contribution in [3.8, 4) is 0 Å². The molecule has 15 heteroatoms. The standard InChI is InChI=1S/C17H13F4N7O3S/c1-8(17(19,20)21)9-5-12(18)14(22-7-9)23-15(29)11-6-10(28(30)31)3-4-13(11)32-16-24-25-26-27(16)2/h3-8H,1-2H3,(H,22,23,29). The molecule has 1 unspecified atom stereocenters. The number of pyridine rings is 1. The van der Waals surface area contributed by atoms with E-state index in [0.29, 0.717) is 6.07 Å². The van der Waals surface area contributed by atoms with Crippen LogP contribution in [0.2, 0.25) is 0 Å². The summed E-state index contributed by atoms with van der Waals surface area (Å²) in [5.74, 6) is -4.75. The predicted molar refractivity (Wildman–Crippen MR) is 103 cm³/mol. The summed E-state index contributed by atoms with van der Waals surface area (Å²) in [5.41, 5.74) is -1.03. The number of rotatable bonds is 6. The third kappa shape index (κ3) is 4.99. The van der Waals surface area contributed by atoms with Crippen molar-refractivity contribution in [2.45, 2.75) is 29.1 Å². The van der Waals surface area contributed by atoms with Crippen LogP contribution in [0.15, 0.2) is 40.5 Å². The lowest BCUT2D eigenvalue weighted by Gasteiger charge is -2.16. The van der Waals surface area contributed by atoms with Crippen molar-refractivity contribution in [1.82, 2.24) is 25.2 Å². The number of hydrogen-bond donors (Lipinski definition) is 1. The van der Waals surface area contributed by atoms with Crippen molar-refractivity contribution < 1.29 is 27.3 Å². The van der Waals surface area contributed by atoms with Gasteiger partial charge in [-0.05, 0) is 46.8 Å². The highest BCUT2D eigenvalue weighted by molar-refractivity contribution is 7.99. The van der Waals surface area contributed by atoms with Gasteiger partial charge in [0.25, 0.3) is 11.6 Å². The molecule has 0 aliphatic rings. The number of aryl methyl sites for hydroxylation is 1. The molecular weight excluding hydrogens is 458 g/mol. The second kappa shape index (κ2) is 8.86. The van der Waals surface area contributed by atoms with E-state index in [1.807, 2.05) is 0 Å². The summed E-state index contributed by atoms with van der Waals surface area (Å²) in [7, 11) is 1.54. The number of halogens is 4. The Balaban J connectivity index is 1.92. The van der Waals surface area contributed by atoms with Crippen LogP contribution in [0.25, 0.3) is 0 Å². The van der Waals surface area contributed by atoms with E-state index < -0.39 is 45.8 Å². The Morgan fingerprint density at radius 2 is 2.03 bits per heavy atom. The number of anilines is 1. The highest BCUT2D eigenvalue weighted by Crippen LogP contribution is 2.35. The molecule has 1 N–H and O–H groups in total. The van der Waals surface area contributed by atoms with Crippen LogP contribution in [-0.2, 0) is 7.05 Å². The largest absolute Gasteiger partial charge is 0.395 e. The monoisotopic (exact) mass is 471 g/mol. The number of nitrogens with one attached hydrogen (secondary N) is 1. The third-order valence-electron chi connectivity index (χ3n) is 4.29. The Bertz CT molecular complexity index is 1190. The van der Waals surface area contributed by atoms with Crippen molar-refractivity contribution in [1.29, 1.82) is 0 Å². The van der Waals surface area contributed by atoms with Crippen LogP contribution in [0.4, 0.5) is 29.1 Å². The number of carbonyl (C=O) groups excluding carboxylic acids is 1. The highest BCUT2D eigenvalue weighted by Gasteiger charge is 2.37. The molecule has 1 atom stereocenters. The average molecular weight is 471 g/mol. The van der Waals surface area contributed by atoms with E-state index in [2.05, 4.69) is 25.8 Å². The molecule has 3 aromatic rings. The van der Waals surface area contributed by atoms with E-state index in [0.717, 1.165) is 37.0 Å². The Kier molecular flexibility index (Phi) is 6.38. The van der Waals surface area contributed by atoms with Gasteiger partial charge >= 0.3 is 6.18 Å². The van der Waals surface area contributed by atoms with Crippen molar-refractivity contribution in [3.63, 3.8) is 0 Å². The SMILES string of the molecule is CC(c1cnc(NC(=O)c2cc([N+](=O)[O-])ccc2Sc2nnnn2C)c(F)c1)C(F)(F)F. The summed E-state index contributed by atoms with van der Waals surface area (Å²) in [6, 6.07) is 4.05. The fraction of sp³-hybridized carbons (Fsp3) is 0.235. The molecule has 1 aromatic carbocycles. The number of alkyl halides is 3. The molecule has 32 heavy (non-hydrogen) atoms. The Morgan fingerprint density at radius 3 is 2.59 bits per heavy atom. The smallest absolute Gasteiger partial charge is 0.304 e. The van der Waals surface area contributed by atoms with Crippen molar-refractivity contribution in [2.24, 2.45) is 7.05 Å². The highest BCUT2D eigenvalue weighted by atomic mass is 32.2. The number of hydrogen-bond acceptors (Lipinski definition) is 8. The summed E-state index contributed by atoms with van der Waals surface area (Å²) >= 11 is 0.924. The molecule has 0 aliphatic carbocycles.